The van der Waals surface area contributed by atoms with E-state index in [0.717, 1.165) is 15.8 Å². The van der Waals surface area contributed by atoms with Gasteiger partial charge in [-0.15, -0.1) is 0 Å². The Kier molecular flexibility index (Phi) is 5.87. The van der Waals surface area contributed by atoms with Crippen molar-refractivity contribution in [2.24, 2.45) is 0 Å². The number of nitrogens with zero attached hydrogens (tertiary/aromatic N) is 1. The highest BCUT2D eigenvalue weighted by Crippen LogP contribution is 2.24. The number of thiazole rings is 1. The fourth-order valence-electron chi connectivity index (χ4n) is 2.84. The molecule has 0 aliphatic carbocycles. The van der Waals surface area contributed by atoms with Crippen molar-refractivity contribution in [1.29, 1.82) is 0 Å². The van der Waals surface area contributed by atoms with Gasteiger partial charge in [0.1, 0.15) is 5.75 Å². The van der Waals surface area contributed by atoms with E-state index < -0.39 is 6.10 Å². The first-order chi connectivity index (χ1) is 12.9. The number of carbonyl (C=O) groups is 1. The van der Waals surface area contributed by atoms with Crippen molar-refractivity contribution in [2.75, 3.05) is 5.32 Å². The van der Waals surface area contributed by atoms with Gasteiger partial charge in [-0.25, -0.2) is 0 Å². The number of anilines is 1. The predicted octanol–water partition coefficient (Wildman–Crippen LogP) is 4.84. The number of fused-ring (bicyclic) bond motifs is 1. The van der Waals surface area contributed by atoms with Gasteiger partial charge in [0.25, 0.3) is 5.91 Å². The predicted molar refractivity (Wildman–Crippen MR) is 111 cm³/mol. The van der Waals surface area contributed by atoms with Crippen LogP contribution < -0.4 is 14.9 Å². The number of nitrogens with one attached hydrogen (secondary N) is 1. The summed E-state index contributed by atoms with van der Waals surface area (Å²) >= 11 is 7.21. The van der Waals surface area contributed by atoms with Gasteiger partial charge in [0.2, 0.25) is 0 Å². The first-order valence-corrected chi connectivity index (χ1v) is 9.99. The standard InChI is InChI=1S/C20H21ClN2O3S/c1-4-17(26-14-7-8-15(21)12(3)10-14)19(24)22-13-6-9-16-18(11-13)27-20(25)23(16)5-2/h6-11,17H,4-5H2,1-3H3,(H,22,24). The SMILES string of the molecule is CCC(Oc1ccc(Cl)c(C)c1)C(=O)Nc1ccc2c(c1)sc(=O)n2CC. The second-order valence-corrected chi connectivity index (χ2v) is 7.61. The van der Waals surface area contributed by atoms with E-state index in [1.165, 1.54) is 11.3 Å². The Morgan fingerprint density at radius 1 is 1.26 bits per heavy atom. The van der Waals surface area contributed by atoms with E-state index in [9.17, 15) is 9.59 Å². The Labute approximate surface area is 166 Å². The van der Waals surface area contributed by atoms with E-state index in [2.05, 4.69) is 5.32 Å². The Morgan fingerprint density at radius 2 is 2.04 bits per heavy atom. The van der Waals surface area contributed by atoms with Crippen LogP contribution in [-0.4, -0.2) is 16.6 Å². The molecule has 3 rings (SSSR count). The molecule has 1 amide bonds. The lowest BCUT2D eigenvalue weighted by Gasteiger charge is -2.18. The van der Waals surface area contributed by atoms with Crippen molar-refractivity contribution in [3.8, 4) is 5.75 Å². The van der Waals surface area contributed by atoms with Crippen LogP contribution in [0.15, 0.2) is 41.2 Å². The molecule has 5 nitrogen and oxygen atoms in total. The fourth-order valence-corrected chi connectivity index (χ4v) is 3.96. The van der Waals surface area contributed by atoms with Gasteiger partial charge in [0.15, 0.2) is 6.10 Å². The first-order valence-electron chi connectivity index (χ1n) is 8.80. The molecule has 142 valence electrons. The molecule has 0 aliphatic heterocycles. The molecule has 0 aliphatic rings. The second-order valence-electron chi connectivity index (χ2n) is 6.21. The second kappa shape index (κ2) is 8.15. The van der Waals surface area contributed by atoms with E-state index in [1.54, 1.807) is 22.8 Å². The summed E-state index contributed by atoms with van der Waals surface area (Å²) in [6.45, 7) is 6.34. The number of benzene rings is 2. The normalized spacial score (nSPS) is 12.1. The van der Waals surface area contributed by atoms with Crippen molar-refractivity contribution < 1.29 is 9.53 Å². The number of ether oxygens (including phenoxy) is 1. The van der Waals surface area contributed by atoms with Crippen molar-refractivity contribution >= 4 is 44.7 Å². The molecule has 7 heteroatoms. The van der Waals surface area contributed by atoms with Crippen LogP contribution in [0.25, 0.3) is 10.2 Å². The van der Waals surface area contributed by atoms with Gasteiger partial charge in [0.05, 0.1) is 10.2 Å². The van der Waals surface area contributed by atoms with Crippen LogP contribution in [0.5, 0.6) is 5.75 Å². The maximum Gasteiger partial charge on any atom is 0.308 e. The zero-order valence-electron chi connectivity index (χ0n) is 15.4. The van der Waals surface area contributed by atoms with Gasteiger partial charge in [-0.05, 0) is 62.2 Å². The van der Waals surface area contributed by atoms with Crippen molar-refractivity contribution in [3.05, 3.63) is 56.7 Å². The smallest absolute Gasteiger partial charge is 0.308 e. The average Bonchev–Trinajstić information content (AvgIpc) is 2.96. The highest BCUT2D eigenvalue weighted by Gasteiger charge is 2.19. The summed E-state index contributed by atoms with van der Waals surface area (Å²) in [5.41, 5.74) is 2.42. The minimum Gasteiger partial charge on any atom is -0.481 e. The number of aromatic nitrogens is 1. The molecule has 0 saturated carbocycles. The van der Waals surface area contributed by atoms with Crippen LogP contribution in [0.1, 0.15) is 25.8 Å². The molecule has 0 saturated heterocycles. The molecule has 0 spiro atoms. The van der Waals surface area contributed by atoms with Crippen molar-refractivity contribution in [1.82, 2.24) is 4.57 Å². The average molecular weight is 405 g/mol. The molecule has 1 heterocycles. The quantitative estimate of drug-likeness (QED) is 0.639. The highest BCUT2D eigenvalue weighted by molar-refractivity contribution is 7.16. The summed E-state index contributed by atoms with van der Waals surface area (Å²) in [4.78, 5) is 24.6. The molecule has 1 N–H and O–H groups in total. The molecular formula is C20H21ClN2O3S. The third-order valence-corrected chi connectivity index (χ3v) is 5.69. The van der Waals surface area contributed by atoms with Gasteiger partial charge in [-0.2, -0.15) is 0 Å². The van der Waals surface area contributed by atoms with E-state index in [4.69, 9.17) is 16.3 Å². The minimum atomic E-state index is -0.625. The number of aryl methyl sites for hydroxylation is 2. The summed E-state index contributed by atoms with van der Waals surface area (Å²) in [5.74, 6) is 0.374. The Hall–Kier alpha value is -2.31. The molecule has 0 radical (unpaired) electrons. The molecule has 1 aromatic heterocycles. The van der Waals surface area contributed by atoms with Crippen LogP contribution in [0.4, 0.5) is 5.69 Å². The molecule has 1 unspecified atom stereocenters. The van der Waals surface area contributed by atoms with Gasteiger partial charge in [-0.1, -0.05) is 29.9 Å². The summed E-state index contributed by atoms with van der Waals surface area (Å²) in [5, 5.41) is 3.54. The van der Waals surface area contributed by atoms with E-state index in [1.807, 2.05) is 39.0 Å². The first kappa shape index (κ1) is 19.5. The van der Waals surface area contributed by atoms with Gasteiger partial charge in [0, 0.05) is 17.3 Å². The fraction of sp³-hybridized carbons (Fsp3) is 0.300. The van der Waals surface area contributed by atoms with Crippen LogP contribution in [0, 0.1) is 6.92 Å². The largest absolute Gasteiger partial charge is 0.481 e. The number of hydrogen-bond donors (Lipinski definition) is 1. The molecule has 0 bridgehead atoms. The molecular weight excluding hydrogens is 384 g/mol. The molecule has 1 atom stereocenters. The van der Waals surface area contributed by atoms with Gasteiger partial charge >= 0.3 is 4.87 Å². The van der Waals surface area contributed by atoms with Gasteiger partial charge in [-0.3, -0.25) is 14.2 Å². The zero-order chi connectivity index (χ0) is 19.6. The van der Waals surface area contributed by atoms with Crippen molar-refractivity contribution in [2.45, 2.75) is 39.8 Å². The summed E-state index contributed by atoms with van der Waals surface area (Å²) in [6, 6.07) is 10.8. The van der Waals surface area contributed by atoms with Crippen molar-refractivity contribution in [3.63, 3.8) is 0 Å². The Bertz CT molecular complexity index is 1040. The molecule has 2 aromatic carbocycles. The highest BCUT2D eigenvalue weighted by atomic mass is 35.5. The Balaban J connectivity index is 1.77. The number of carbonyl (C=O) groups excluding carboxylic acids is 1. The lowest BCUT2D eigenvalue weighted by Crippen LogP contribution is -2.32. The number of amides is 1. The zero-order valence-corrected chi connectivity index (χ0v) is 17.0. The number of hydrogen-bond acceptors (Lipinski definition) is 4. The third kappa shape index (κ3) is 4.17. The Morgan fingerprint density at radius 3 is 2.70 bits per heavy atom. The summed E-state index contributed by atoms with van der Waals surface area (Å²) < 4.78 is 8.40. The van der Waals surface area contributed by atoms with E-state index in [0.29, 0.717) is 29.4 Å². The van der Waals surface area contributed by atoms with Gasteiger partial charge < -0.3 is 10.1 Å². The minimum absolute atomic E-state index is 0.00357. The van der Waals surface area contributed by atoms with Crippen LogP contribution in [-0.2, 0) is 11.3 Å². The third-order valence-electron chi connectivity index (χ3n) is 4.32. The topological polar surface area (TPSA) is 60.3 Å². The maximum absolute atomic E-state index is 12.6. The maximum atomic E-state index is 12.6. The lowest BCUT2D eigenvalue weighted by atomic mass is 10.2. The molecule has 0 fully saturated rings. The van der Waals surface area contributed by atoms with E-state index >= 15 is 0 Å². The lowest BCUT2D eigenvalue weighted by molar-refractivity contribution is -0.122. The monoisotopic (exact) mass is 404 g/mol. The molecule has 3 aromatic rings. The van der Waals surface area contributed by atoms with E-state index in [-0.39, 0.29) is 10.8 Å². The molecule has 27 heavy (non-hydrogen) atoms. The number of rotatable bonds is 6. The van der Waals surface area contributed by atoms with Crippen LogP contribution in [0.3, 0.4) is 0 Å². The van der Waals surface area contributed by atoms with Crippen LogP contribution in [0.2, 0.25) is 5.02 Å². The number of halogens is 1. The van der Waals surface area contributed by atoms with Crippen LogP contribution >= 0.6 is 22.9 Å². The summed E-state index contributed by atoms with van der Waals surface area (Å²) in [6.07, 6.45) is -0.102. The summed E-state index contributed by atoms with van der Waals surface area (Å²) in [7, 11) is 0.